The molecule has 2 atom stereocenters. The summed E-state index contributed by atoms with van der Waals surface area (Å²) in [4.78, 5) is 21.5. The van der Waals surface area contributed by atoms with E-state index in [9.17, 15) is 26.4 Å². The highest BCUT2D eigenvalue weighted by Gasteiger charge is 2.39. The molecule has 0 aromatic rings. The highest BCUT2D eigenvalue weighted by Crippen LogP contribution is 2.18. The van der Waals surface area contributed by atoms with E-state index >= 15 is 0 Å². The first-order chi connectivity index (χ1) is 8.53. The van der Waals surface area contributed by atoms with Gasteiger partial charge in [0.2, 0.25) is 15.9 Å². The molecule has 0 aromatic heterocycles. The van der Waals surface area contributed by atoms with Gasteiger partial charge in [-0.15, -0.1) is 0 Å². The number of aliphatic carboxylic acids is 1. The quantitative estimate of drug-likeness (QED) is 0.485. The summed E-state index contributed by atoms with van der Waals surface area (Å²) in [6, 6.07) is -1.69. The lowest BCUT2D eigenvalue weighted by Crippen LogP contribution is -2.47. The lowest BCUT2D eigenvalue weighted by Gasteiger charge is -2.16. The fourth-order valence-corrected chi connectivity index (χ4v) is 5.91. The minimum atomic E-state index is -4.14. The number of primary amides is 1. The molecule has 0 bridgehead atoms. The monoisotopic (exact) mass is 314 g/mol. The fourth-order valence-electron chi connectivity index (χ4n) is 1.68. The van der Waals surface area contributed by atoms with Gasteiger partial charge in [0, 0.05) is 0 Å². The fraction of sp³-hybridized carbons (Fsp3) is 0.750. The molecule has 1 aliphatic heterocycles. The Hall–Kier alpha value is -1.20. The van der Waals surface area contributed by atoms with E-state index in [0.29, 0.717) is 0 Å². The minimum absolute atomic E-state index is 0.0966. The first-order valence-corrected chi connectivity index (χ1v) is 8.63. The van der Waals surface area contributed by atoms with Crippen molar-refractivity contribution in [1.82, 2.24) is 4.72 Å². The zero-order valence-corrected chi connectivity index (χ0v) is 11.4. The Morgan fingerprint density at radius 1 is 1.42 bits per heavy atom. The molecule has 1 saturated heterocycles. The summed E-state index contributed by atoms with van der Waals surface area (Å²) in [6.45, 7) is 0. The normalized spacial score (nSPS) is 23.9. The van der Waals surface area contributed by atoms with Crippen LogP contribution < -0.4 is 10.5 Å². The van der Waals surface area contributed by atoms with Crippen molar-refractivity contribution in [1.29, 1.82) is 0 Å². The van der Waals surface area contributed by atoms with Crippen LogP contribution in [0.4, 0.5) is 0 Å². The van der Waals surface area contributed by atoms with Crippen LogP contribution in [-0.2, 0) is 29.4 Å². The number of nitrogens with one attached hydrogen (secondary N) is 1. The number of rotatable bonds is 6. The van der Waals surface area contributed by atoms with Crippen LogP contribution in [0.3, 0.4) is 0 Å². The first kappa shape index (κ1) is 15.9. The number of carbonyl (C=O) groups excluding carboxylic acids is 1. The van der Waals surface area contributed by atoms with E-state index in [1.54, 1.807) is 0 Å². The van der Waals surface area contributed by atoms with Gasteiger partial charge in [-0.05, 0) is 6.42 Å². The summed E-state index contributed by atoms with van der Waals surface area (Å²) < 4.78 is 47.9. The molecule has 1 amide bonds. The number of hydrogen-bond donors (Lipinski definition) is 3. The van der Waals surface area contributed by atoms with Crippen molar-refractivity contribution in [3.63, 3.8) is 0 Å². The molecule has 9 nitrogen and oxygen atoms in total. The van der Waals surface area contributed by atoms with Crippen LogP contribution in [0.5, 0.6) is 0 Å². The summed E-state index contributed by atoms with van der Waals surface area (Å²) in [5.74, 6) is -3.34. The lowest BCUT2D eigenvalue weighted by atomic mass is 10.2. The highest BCUT2D eigenvalue weighted by atomic mass is 32.2. The maximum Gasteiger partial charge on any atom is 0.322 e. The molecule has 1 heterocycles. The van der Waals surface area contributed by atoms with Crippen LogP contribution in [0.2, 0.25) is 0 Å². The summed E-state index contributed by atoms with van der Waals surface area (Å²) in [5.41, 5.74) is 4.81. The Labute approximate surface area is 110 Å². The molecule has 0 saturated carbocycles. The number of sulfone groups is 1. The van der Waals surface area contributed by atoms with Gasteiger partial charge >= 0.3 is 5.97 Å². The zero-order valence-electron chi connectivity index (χ0n) is 9.77. The van der Waals surface area contributed by atoms with Crippen LogP contribution in [0.25, 0.3) is 0 Å². The number of nitrogens with two attached hydrogens (primary N) is 1. The number of carboxylic acid groups (broad SMARTS) is 1. The van der Waals surface area contributed by atoms with Crippen LogP contribution in [0.15, 0.2) is 0 Å². The number of carbonyl (C=O) groups is 2. The van der Waals surface area contributed by atoms with Gasteiger partial charge in [0.1, 0.15) is 6.04 Å². The van der Waals surface area contributed by atoms with E-state index in [0.717, 1.165) is 0 Å². The van der Waals surface area contributed by atoms with Gasteiger partial charge in [-0.2, -0.15) is 0 Å². The third kappa shape index (κ3) is 4.44. The molecular formula is C8H14N2O7S2. The van der Waals surface area contributed by atoms with Gasteiger partial charge < -0.3 is 10.8 Å². The summed E-state index contributed by atoms with van der Waals surface area (Å²) in [5, 5.41) is 7.58. The maximum absolute atomic E-state index is 11.8. The summed E-state index contributed by atoms with van der Waals surface area (Å²) in [7, 11) is -7.55. The standard InChI is InChI=1S/C8H14N2O7S2/c9-7(11)3-6(8(12)13)10-19(16,17)5-1-2-18(14,15)4-5/h5-6,10H,1-4H2,(H2,9,11)(H,12,13)/t5?,6-/m0/s1. The van der Waals surface area contributed by atoms with Crippen molar-refractivity contribution in [2.24, 2.45) is 5.73 Å². The number of carboxylic acids is 1. The summed E-state index contributed by atoms with van der Waals surface area (Å²) in [6.07, 6.45) is -0.797. The lowest BCUT2D eigenvalue weighted by molar-refractivity contribution is -0.140. The molecular weight excluding hydrogens is 300 g/mol. The second kappa shape index (κ2) is 5.43. The number of sulfonamides is 1. The molecule has 1 aliphatic rings. The Bertz CT molecular complexity index is 580. The Kier molecular flexibility index (Phi) is 4.53. The number of hydrogen-bond acceptors (Lipinski definition) is 6. The minimum Gasteiger partial charge on any atom is -0.480 e. The first-order valence-electron chi connectivity index (χ1n) is 5.26. The smallest absolute Gasteiger partial charge is 0.322 e. The molecule has 1 unspecified atom stereocenters. The average Bonchev–Trinajstić information content (AvgIpc) is 2.57. The molecule has 11 heteroatoms. The van der Waals surface area contributed by atoms with Gasteiger partial charge in [-0.25, -0.2) is 21.6 Å². The van der Waals surface area contributed by atoms with Crippen LogP contribution in [0, 0.1) is 0 Å². The van der Waals surface area contributed by atoms with Crippen molar-refractivity contribution in [3.05, 3.63) is 0 Å². The number of amides is 1. The third-order valence-corrected chi connectivity index (χ3v) is 6.51. The van der Waals surface area contributed by atoms with Crippen LogP contribution >= 0.6 is 0 Å². The zero-order chi connectivity index (χ0) is 14.8. The Morgan fingerprint density at radius 3 is 2.37 bits per heavy atom. The second-order valence-electron chi connectivity index (χ2n) is 4.25. The van der Waals surface area contributed by atoms with Gasteiger partial charge in [0.25, 0.3) is 0 Å². The van der Waals surface area contributed by atoms with E-state index in [4.69, 9.17) is 10.8 Å². The molecule has 110 valence electrons. The van der Waals surface area contributed by atoms with Gasteiger partial charge in [-0.1, -0.05) is 0 Å². The van der Waals surface area contributed by atoms with Gasteiger partial charge in [-0.3, -0.25) is 9.59 Å². The molecule has 0 aromatic carbocycles. The molecule has 4 N–H and O–H groups in total. The Balaban J connectivity index is 2.83. The predicted molar refractivity (Wildman–Crippen MR) is 64.3 cm³/mol. The molecule has 19 heavy (non-hydrogen) atoms. The van der Waals surface area contributed by atoms with E-state index in [2.05, 4.69) is 0 Å². The predicted octanol–water partition coefficient (Wildman–Crippen LogP) is -2.58. The molecule has 1 rings (SSSR count). The van der Waals surface area contributed by atoms with Crippen molar-refractivity contribution in [3.8, 4) is 0 Å². The second-order valence-corrected chi connectivity index (χ2v) is 8.47. The molecule has 0 radical (unpaired) electrons. The molecule has 0 aliphatic carbocycles. The summed E-state index contributed by atoms with van der Waals surface area (Å²) >= 11 is 0. The van der Waals surface area contributed by atoms with Gasteiger partial charge in [0.05, 0.1) is 23.2 Å². The average molecular weight is 314 g/mol. The van der Waals surface area contributed by atoms with E-state index in [1.807, 2.05) is 4.72 Å². The molecule has 0 spiro atoms. The highest BCUT2D eigenvalue weighted by molar-refractivity contribution is 7.95. The maximum atomic E-state index is 11.8. The van der Waals surface area contributed by atoms with E-state index in [1.165, 1.54) is 0 Å². The SMILES string of the molecule is NC(=O)C[C@H](NS(=O)(=O)C1CCS(=O)(=O)C1)C(=O)O. The van der Waals surface area contributed by atoms with Crippen molar-refractivity contribution in [2.75, 3.05) is 11.5 Å². The van der Waals surface area contributed by atoms with E-state index in [-0.39, 0.29) is 12.2 Å². The third-order valence-electron chi connectivity index (χ3n) is 2.64. The largest absolute Gasteiger partial charge is 0.480 e. The van der Waals surface area contributed by atoms with Crippen molar-refractivity contribution < 1.29 is 31.5 Å². The van der Waals surface area contributed by atoms with Crippen molar-refractivity contribution in [2.45, 2.75) is 24.1 Å². The van der Waals surface area contributed by atoms with Gasteiger partial charge in [0.15, 0.2) is 9.84 Å². The Morgan fingerprint density at radius 2 is 2.00 bits per heavy atom. The van der Waals surface area contributed by atoms with Crippen LogP contribution in [-0.4, -0.2) is 56.6 Å². The van der Waals surface area contributed by atoms with E-state index < -0.39 is 55.2 Å². The molecule has 1 fully saturated rings. The van der Waals surface area contributed by atoms with Crippen molar-refractivity contribution >= 4 is 31.7 Å². The topological polar surface area (TPSA) is 161 Å². The van der Waals surface area contributed by atoms with Crippen LogP contribution in [0.1, 0.15) is 12.8 Å².